The van der Waals surface area contributed by atoms with Crippen LogP contribution in [0.2, 0.25) is 0 Å². The van der Waals surface area contributed by atoms with Crippen molar-refractivity contribution in [2.45, 2.75) is 26.5 Å². The molecule has 1 aliphatic heterocycles. The summed E-state index contributed by atoms with van der Waals surface area (Å²) in [7, 11) is 0. The Morgan fingerprint density at radius 2 is 2.19 bits per heavy atom. The van der Waals surface area contributed by atoms with Gasteiger partial charge >= 0.3 is 6.61 Å². The Labute approximate surface area is 154 Å². The van der Waals surface area contributed by atoms with E-state index in [1.807, 2.05) is 5.38 Å². The molecule has 0 unspecified atom stereocenters. The zero-order chi connectivity index (χ0) is 18.5. The van der Waals surface area contributed by atoms with E-state index in [1.165, 1.54) is 22.6 Å². The monoisotopic (exact) mass is 379 g/mol. The van der Waals surface area contributed by atoms with Gasteiger partial charge in [-0.15, -0.1) is 11.3 Å². The van der Waals surface area contributed by atoms with Crippen LogP contribution < -0.4 is 9.47 Å². The van der Waals surface area contributed by atoms with Crippen LogP contribution in [0, 0.1) is 0 Å². The van der Waals surface area contributed by atoms with Gasteiger partial charge in [-0.25, -0.2) is 0 Å². The number of hydrogen-bond donors (Lipinski definition) is 0. The summed E-state index contributed by atoms with van der Waals surface area (Å²) in [4.78, 5) is 15.6. The van der Waals surface area contributed by atoms with Gasteiger partial charge in [-0.1, -0.05) is 6.07 Å². The van der Waals surface area contributed by atoms with Gasteiger partial charge in [0.25, 0.3) is 0 Å². The summed E-state index contributed by atoms with van der Waals surface area (Å²) in [5.74, 6) is 0.127. The Kier molecular flexibility index (Phi) is 5.88. The highest BCUT2D eigenvalue weighted by Gasteiger charge is 2.19. The van der Waals surface area contributed by atoms with Gasteiger partial charge in [0.15, 0.2) is 11.5 Å². The highest BCUT2D eigenvalue weighted by molar-refractivity contribution is 7.10. The number of fused-ring (bicyclic) bond motifs is 1. The number of alkyl halides is 2. The van der Waals surface area contributed by atoms with Crippen molar-refractivity contribution in [1.29, 1.82) is 0 Å². The van der Waals surface area contributed by atoms with Crippen molar-refractivity contribution in [2.75, 3.05) is 13.2 Å². The summed E-state index contributed by atoms with van der Waals surface area (Å²) in [6.45, 7) is 0.476. The second-order valence-electron chi connectivity index (χ2n) is 5.73. The first-order valence-electron chi connectivity index (χ1n) is 8.30. The fraction of sp³-hybridized carbons (Fsp3) is 0.316. The predicted octanol–water partition coefficient (Wildman–Crippen LogP) is 4.35. The van der Waals surface area contributed by atoms with E-state index in [-0.39, 0.29) is 17.4 Å². The Morgan fingerprint density at radius 1 is 1.35 bits per heavy atom. The zero-order valence-electron chi connectivity index (χ0n) is 14.3. The molecule has 0 aliphatic carbocycles. The molecule has 0 bridgehead atoms. The van der Waals surface area contributed by atoms with E-state index < -0.39 is 6.61 Å². The van der Waals surface area contributed by atoms with Crippen LogP contribution in [-0.4, -0.2) is 30.6 Å². The average Bonchev–Trinajstić information content (AvgIpc) is 3.09. The molecule has 0 saturated heterocycles. The van der Waals surface area contributed by atoms with Gasteiger partial charge in [0, 0.05) is 24.0 Å². The van der Waals surface area contributed by atoms with Crippen LogP contribution in [0.5, 0.6) is 11.5 Å². The maximum Gasteiger partial charge on any atom is 0.387 e. The van der Waals surface area contributed by atoms with Crippen LogP contribution in [-0.2, 0) is 17.8 Å². The third kappa shape index (κ3) is 4.40. The molecule has 1 aliphatic rings. The van der Waals surface area contributed by atoms with E-state index in [9.17, 15) is 13.6 Å². The fourth-order valence-electron chi connectivity index (χ4n) is 2.80. The molecule has 0 fully saturated rings. The Hall–Kier alpha value is -2.41. The van der Waals surface area contributed by atoms with Crippen molar-refractivity contribution in [2.24, 2.45) is 0 Å². The first kappa shape index (κ1) is 18.4. The molecule has 4 nitrogen and oxygen atoms in total. The molecule has 3 rings (SSSR count). The minimum Gasteiger partial charge on any atom is -0.490 e. The van der Waals surface area contributed by atoms with Crippen molar-refractivity contribution in [3.8, 4) is 11.5 Å². The van der Waals surface area contributed by atoms with Gasteiger partial charge in [0.1, 0.15) is 0 Å². The molecule has 2 aromatic rings. The molecule has 0 spiro atoms. The minimum atomic E-state index is -2.92. The number of hydrogen-bond acceptors (Lipinski definition) is 4. The van der Waals surface area contributed by atoms with Crippen LogP contribution >= 0.6 is 11.3 Å². The number of amides is 1. The Balaban J connectivity index is 1.69. The number of rotatable bonds is 6. The van der Waals surface area contributed by atoms with E-state index in [4.69, 9.17) is 4.74 Å². The van der Waals surface area contributed by atoms with Gasteiger partial charge in [-0.3, -0.25) is 4.79 Å². The maximum atomic E-state index is 12.4. The van der Waals surface area contributed by atoms with E-state index in [0.717, 1.165) is 6.42 Å². The molecule has 0 radical (unpaired) electrons. The lowest BCUT2D eigenvalue weighted by Crippen LogP contribution is -2.34. The topological polar surface area (TPSA) is 38.8 Å². The molecule has 0 saturated carbocycles. The molecule has 1 amide bonds. The van der Waals surface area contributed by atoms with Gasteiger partial charge in [0.05, 0.1) is 6.61 Å². The maximum absolute atomic E-state index is 12.4. The highest BCUT2D eigenvalue weighted by Crippen LogP contribution is 2.30. The van der Waals surface area contributed by atoms with Crippen molar-refractivity contribution < 1.29 is 23.0 Å². The second-order valence-corrected chi connectivity index (χ2v) is 6.73. The second kappa shape index (κ2) is 8.31. The molecule has 2 heterocycles. The third-order valence-electron chi connectivity index (χ3n) is 4.02. The first-order valence-corrected chi connectivity index (χ1v) is 9.18. The number of carbonyl (C=O) groups is 1. The summed E-state index contributed by atoms with van der Waals surface area (Å²) in [6, 6.07) is 6.66. The molecule has 1 aromatic carbocycles. The smallest absolute Gasteiger partial charge is 0.387 e. The van der Waals surface area contributed by atoms with Crippen LogP contribution in [0.15, 0.2) is 35.7 Å². The zero-order valence-corrected chi connectivity index (χ0v) is 15.1. The van der Waals surface area contributed by atoms with Crippen molar-refractivity contribution in [3.05, 3.63) is 51.7 Å². The molecular formula is C19H19F2NO3S. The standard InChI is InChI=1S/C19H19F2NO3S/c1-2-24-16-11-13(3-5-15(16)25-19(20)21)4-6-18(23)22-9-7-17-14(12-22)8-10-26-17/h3-6,8,10-11,19H,2,7,9,12H2,1H3/b6-4+. The van der Waals surface area contributed by atoms with Crippen molar-refractivity contribution in [3.63, 3.8) is 0 Å². The summed E-state index contributed by atoms with van der Waals surface area (Å²) in [6.07, 6.45) is 4.02. The summed E-state index contributed by atoms with van der Waals surface area (Å²) in [5, 5.41) is 2.05. The molecule has 7 heteroatoms. The Bertz CT molecular complexity index is 804. The normalized spacial score (nSPS) is 13.9. The lowest BCUT2D eigenvalue weighted by Gasteiger charge is -2.25. The van der Waals surface area contributed by atoms with Crippen molar-refractivity contribution in [1.82, 2.24) is 4.90 Å². The summed E-state index contributed by atoms with van der Waals surface area (Å²) >= 11 is 1.73. The lowest BCUT2D eigenvalue weighted by atomic mass is 10.1. The van der Waals surface area contributed by atoms with Gasteiger partial charge in [0.2, 0.25) is 5.91 Å². The lowest BCUT2D eigenvalue weighted by molar-refractivity contribution is -0.126. The third-order valence-corrected chi connectivity index (χ3v) is 5.04. The van der Waals surface area contributed by atoms with Crippen LogP contribution in [0.25, 0.3) is 6.08 Å². The van der Waals surface area contributed by atoms with Gasteiger partial charge in [-0.05, 0) is 54.1 Å². The van der Waals surface area contributed by atoms with Gasteiger partial charge in [-0.2, -0.15) is 8.78 Å². The predicted molar refractivity (Wildman–Crippen MR) is 96.7 cm³/mol. The number of thiophene rings is 1. The highest BCUT2D eigenvalue weighted by atomic mass is 32.1. The first-order chi connectivity index (χ1) is 12.6. The Morgan fingerprint density at radius 3 is 2.96 bits per heavy atom. The van der Waals surface area contributed by atoms with E-state index in [0.29, 0.717) is 25.3 Å². The molecule has 138 valence electrons. The van der Waals surface area contributed by atoms with Crippen LogP contribution in [0.1, 0.15) is 22.9 Å². The van der Waals surface area contributed by atoms with Crippen molar-refractivity contribution >= 4 is 23.3 Å². The number of nitrogens with zero attached hydrogens (tertiary/aromatic N) is 1. The minimum absolute atomic E-state index is 0.0219. The number of halogens is 2. The van der Waals surface area contributed by atoms with Gasteiger partial charge < -0.3 is 14.4 Å². The van der Waals surface area contributed by atoms with E-state index >= 15 is 0 Å². The molecule has 0 N–H and O–H groups in total. The van der Waals surface area contributed by atoms with Crippen LogP contribution in [0.4, 0.5) is 8.78 Å². The van der Waals surface area contributed by atoms with Crippen LogP contribution in [0.3, 0.4) is 0 Å². The summed E-state index contributed by atoms with van der Waals surface area (Å²) < 4.78 is 34.7. The largest absolute Gasteiger partial charge is 0.490 e. The summed E-state index contributed by atoms with van der Waals surface area (Å²) in [5.41, 5.74) is 1.88. The number of benzene rings is 1. The van der Waals surface area contributed by atoms with E-state index in [1.54, 1.807) is 41.4 Å². The SMILES string of the molecule is CCOc1cc(/C=C/C(=O)N2CCc3sccc3C2)ccc1OC(F)F. The molecule has 26 heavy (non-hydrogen) atoms. The quantitative estimate of drug-likeness (QED) is 0.701. The molecule has 0 atom stereocenters. The molecular weight excluding hydrogens is 360 g/mol. The molecule has 1 aromatic heterocycles. The number of ether oxygens (including phenoxy) is 2. The average molecular weight is 379 g/mol. The van der Waals surface area contributed by atoms with E-state index in [2.05, 4.69) is 10.8 Å². The number of carbonyl (C=O) groups excluding carboxylic acids is 1. The fourth-order valence-corrected chi connectivity index (χ4v) is 3.69.